The second-order valence-electron chi connectivity index (χ2n) is 4.85. The molecule has 2 atom stereocenters. The van der Waals surface area contributed by atoms with Crippen molar-refractivity contribution < 1.29 is 0 Å². The smallest absolute Gasteiger partial charge is 0.202 e. The Kier molecular flexibility index (Phi) is 2.85. The van der Waals surface area contributed by atoms with Crippen LogP contribution in [0.5, 0.6) is 0 Å². The maximum absolute atomic E-state index is 6.04. The second-order valence-corrected chi connectivity index (χ2v) is 4.85. The summed E-state index contributed by atoms with van der Waals surface area (Å²) in [7, 11) is 1.94. The molecule has 0 spiro atoms. The van der Waals surface area contributed by atoms with Gasteiger partial charge in [0, 0.05) is 13.1 Å². The molecule has 2 aromatic heterocycles. The number of hydrogen-bond donors (Lipinski definition) is 1. The Morgan fingerprint density at radius 3 is 2.59 bits per heavy atom. The van der Waals surface area contributed by atoms with E-state index in [0.29, 0.717) is 17.9 Å². The largest absolute Gasteiger partial charge is 0.369 e. The van der Waals surface area contributed by atoms with Crippen molar-refractivity contribution in [3.05, 3.63) is 5.69 Å². The van der Waals surface area contributed by atoms with Crippen molar-refractivity contribution in [1.29, 1.82) is 0 Å². The highest BCUT2D eigenvalue weighted by molar-refractivity contribution is 5.77. The number of nitrogens with two attached hydrogens (primary N) is 1. The first-order chi connectivity index (χ1) is 7.97. The monoisotopic (exact) mass is 235 g/mol. The SMILES string of the molecule is CCC(C)C(C)n1c(N)nc2c(C)nn(C)c21. The first-order valence-corrected chi connectivity index (χ1v) is 6.14. The van der Waals surface area contributed by atoms with E-state index in [9.17, 15) is 0 Å². The molecule has 0 saturated carbocycles. The van der Waals surface area contributed by atoms with E-state index < -0.39 is 0 Å². The summed E-state index contributed by atoms with van der Waals surface area (Å²) >= 11 is 0. The number of hydrogen-bond acceptors (Lipinski definition) is 3. The topological polar surface area (TPSA) is 61.7 Å². The summed E-state index contributed by atoms with van der Waals surface area (Å²) in [6, 6.07) is 0.333. The highest BCUT2D eigenvalue weighted by Gasteiger charge is 2.22. The Morgan fingerprint density at radius 2 is 2.00 bits per heavy atom. The first kappa shape index (κ1) is 12.0. The first-order valence-electron chi connectivity index (χ1n) is 6.14. The number of nitrogen functional groups attached to an aromatic ring is 1. The summed E-state index contributed by atoms with van der Waals surface area (Å²) < 4.78 is 3.97. The van der Waals surface area contributed by atoms with Crippen molar-refractivity contribution in [1.82, 2.24) is 19.3 Å². The van der Waals surface area contributed by atoms with Gasteiger partial charge in [0.2, 0.25) is 5.95 Å². The van der Waals surface area contributed by atoms with Crippen molar-refractivity contribution in [3.8, 4) is 0 Å². The van der Waals surface area contributed by atoms with E-state index in [4.69, 9.17) is 5.73 Å². The van der Waals surface area contributed by atoms with Gasteiger partial charge < -0.3 is 5.73 Å². The Labute approximate surface area is 102 Å². The third-order valence-corrected chi connectivity index (χ3v) is 3.74. The molecule has 0 bridgehead atoms. The van der Waals surface area contributed by atoms with Crippen LogP contribution in [0.4, 0.5) is 5.95 Å². The molecule has 0 aliphatic rings. The summed E-state index contributed by atoms with van der Waals surface area (Å²) in [5.74, 6) is 1.15. The van der Waals surface area contributed by atoms with Crippen molar-refractivity contribution in [2.75, 3.05) is 5.73 Å². The van der Waals surface area contributed by atoms with Crippen LogP contribution in [-0.4, -0.2) is 19.3 Å². The fourth-order valence-corrected chi connectivity index (χ4v) is 2.31. The molecule has 0 aliphatic carbocycles. The summed E-state index contributed by atoms with van der Waals surface area (Å²) in [5, 5.41) is 4.40. The van der Waals surface area contributed by atoms with Gasteiger partial charge >= 0.3 is 0 Å². The van der Waals surface area contributed by atoms with Crippen molar-refractivity contribution >= 4 is 17.1 Å². The number of anilines is 1. The minimum atomic E-state index is 0.333. The van der Waals surface area contributed by atoms with Gasteiger partial charge in [0.25, 0.3) is 0 Å². The summed E-state index contributed by atoms with van der Waals surface area (Å²) in [6.45, 7) is 8.58. The molecule has 2 unspecified atom stereocenters. The Balaban J connectivity index is 2.63. The molecule has 0 aromatic carbocycles. The molecule has 2 N–H and O–H groups in total. The zero-order valence-electron chi connectivity index (χ0n) is 11.2. The zero-order chi connectivity index (χ0) is 12.7. The van der Waals surface area contributed by atoms with E-state index in [0.717, 1.165) is 23.3 Å². The minimum absolute atomic E-state index is 0.333. The summed E-state index contributed by atoms with van der Waals surface area (Å²) in [4.78, 5) is 4.43. The molecule has 2 rings (SSSR count). The van der Waals surface area contributed by atoms with Gasteiger partial charge in [0.15, 0.2) is 5.65 Å². The van der Waals surface area contributed by atoms with Crippen LogP contribution in [0.25, 0.3) is 11.2 Å². The Hall–Kier alpha value is -1.52. The van der Waals surface area contributed by atoms with E-state index in [1.54, 1.807) is 0 Å². The molecule has 0 fully saturated rings. The van der Waals surface area contributed by atoms with Gasteiger partial charge in [-0.15, -0.1) is 0 Å². The molecule has 2 aromatic rings. The molecule has 94 valence electrons. The normalized spacial score (nSPS) is 15.4. The van der Waals surface area contributed by atoms with Gasteiger partial charge in [0.1, 0.15) is 5.52 Å². The molecular formula is C12H21N5. The van der Waals surface area contributed by atoms with E-state index in [1.807, 2.05) is 18.7 Å². The minimum Gasteiger partial charge on any atom is -0.369 e. The fourth-order valence-electron chi connectivity index (χ4n) is 2.31. The van der Waals surface area contributed by atoms with E-state index in [-0.39, 0.29) is 0 Å². The maximum Gasteiger partial charge on any atom is 0.202 e. The van der Waals surface area contributed by atoms with Crippen LogP contribution < -0.4 is 5.73 Å². The molecule has 5 nitrogen and oxygen atoms in total. The number of imidazole rings is 1. The maximum atomic E-state index is 6.04. The lowest BCUT2D eigenvalue weighted by molar-refractivity contribution is 0.377. The van der Waals surface area contributed by atoms with Crippen LogP contribution in [0.15, 0.2) is 0 Å². The van der Waals surface area contributed by atoms with Crippen molar-refractivity contribution in [3.63, 3.8) is 0 Å². The van der Waals surface area contributed by atoms with Crippen LogP contribution in [0.2, 0.25) is 0 Å². The second kappa shape index (κ2) is 4.05. The third-order valence-electron chi connectivity index (χ3n) is 3.74. The quantitative estimate of drug-likeness (QED) is 0.887. The summed E-state index contributed by atoms with van der Waals surface area (Å²) in [6.07, 6.45) is 1.12. The van der Waals surface area contributed by atoms with Gasteiger partial charge in [0.05, 0.1) is 5.69 Å². The summed E-state index contributed by atoms with van der Waals surface area (Å²) in [5.41, 5.74) is 8.91. The lowest BCUT2D eigenvalue weighted by Crippen LogP contribution is -2.17. The standard InChI is InChI=1S/C12H21N5/c1-6-7(2)9(4)17-11-10(14-12(17)13)8(3)15-16(11)5/h7,9H,6H2,1-5H3,(H2,13,14). The number of aromatic nitrogens is 4. The fraction of sp³-hybridized carbons (Fsp3) is 0.667. The molecule has 2 heterocycles. The lowest BCUT2D eigenvalue weighted by atomic mass is 10.0. The van der Waals surface area contributed by atoms with Crippen LogP contribution in [-0.2, 0) is 7.05 Å². The Morgan fingerprint density at radius 1 is 1.35 bits per heavy atom. The van der Waals surface area contributed by atoms with Gasteiger partial charge in [-0.3, -0.25) is 9.25 Å². The van der Waals surface area contributed by atoms with Gasteiger partial charge in [-0.2, -0.15) is 5.10 Å². The highest BCUT2D eigenvalue weighted by Crippen LogP contribution is 2.29. The van der Waals surface area contributed by atoms with Gasteiger partial charge in [-0.1, -0.05) is 20.3 Å². The van der Waals surface area contributed by atoms with Crippen LogP contribution in [0, 0.1) is 12.8 Å². The highest BCUT2D eigenvalue weighted by atomic mass is 15.4. The average molecular weight is 235 g/mol. The van der Waals surface area contributed by atoms with Crippen LogP contribution in [0.1, 0.15) is 38.9 Å². The van der Waals surface area contributed by atoms with Crippen LogP contribution >= 0.6 is 0 Å². The average Bonchev–Trinajstić information content (AvgIpc) is 2.76. The third kappa shape index (κ3) is 1.69. The molecule has 0 saturated heterocycles. The molecule has 5 heteroatoms. The molecular weight excluding hydrogens is 214 g/mol. The number of aryl methyl sites for hydroxylation is 2. The molecule has 0 radical (unpaired) electrons. The predicted molar refractivity (Wildman–Crippen MR) is 69.8 cm³/mol. The number of nitrogens with zero attached hydrogens (tertiary/aromatic N) is 4. The Bertz CT molecular complexity index is 537. The van der Waals surface area contributed by atoms with E-state index >= 15 is 0 Å². The molecule has 0 aliphatic heterocycles. The van der Waals surface area contributed by atoms with E-state index in [2.05, 4.69) is 35.4 Å². The van der Waals surface area contributed by atoms with E-state index in [1.165, 1.54) is 0 Å². The van der Waals surface area contributed by atoms with Gasteiger partial charge in [-0.25, -0.2) is 4.98 Å². The number of fused-ring (bicyclic) bond motifs is 1. The van der Waals surface area contributed by atoms with Crippen molar-refractivity contribution in [2.24, 2.45) is 13.0 Å². The molecule has 0 amide bonds. The zero-order valence-corrected chi connectivity index (χ0v) is 11.2. The lowest BCUT2D eigenvalue weighted by Gasteiger charge is -2.21. The number of rotatable bonds is 3. The van der Waals surface area contributed by atoms with Crippen LogP contribution in [0.3, 0.4) is 0 Å². The predicted octanol–water partition coefficient (Wildman–Crippen LogP) is 2.27. The molecule has 17 heavy (non-hydrogen) atoms. The van der Waals surface area contributed by atoms with Gasteiger partial charge in [-0.05, 0) is 19.8 Å². The van der Waals surface area contributed by atoms with Crippen molar-refractivity contribution in [2.45, 2.75) is 40.2 Å².